The molecule has 0 aromatic rings. The van der Waals surface area contributed by atoms with Gasteiger partial charge in [0.25, 0.3) is 0 Å². The third-order valence-corrected chi connectivity index (χ3v) is 1.82. The van der Waals surface area contributed by atoms with Crippen LogP contribution < -0.4 is 0 Å². The zero-order valence-corrected chi connectivity index (χ0v) is 8.49. The zero-order valence-electron chi connectivity index (χ0n) is 8.49. The summed E-state index contributed by atoms with van der Waals surface area (Å²) in [7, 11) is 0. The minimum Gasteiger partial charge on any atom is -0.481 e. The van der Waals surface area contributed by atoms with Crippen LogP contribution in [0.5, 0.6) is 0 Å². The van der Waals surface area contributed by atoms with Crippen molar-refractivity contribution in [3.8, 4) is 0 Å². The second kappa shape index (κ2) is 5.69. The minimum absolute atomic E-state index is 0.277. The third-order valence-electron chi connectivity index (χ3n) is 1.82. The first kappa shape index (κ1) is 14.7. The Morgan fingerprint density at radius 2 is 1.88 bits per heavy atom. The van der Waals surface area contributed by atoms with Gasteiger partial charge in [0.15, 0.2) is 0 Å². The molecule has 5 nitrogen and oxygen atoms in total. The number of rotatable bonds is 5. The molecular weight excluding hydrogens is 231 g/mol. The third kappa shape index (κ3) is 4.47. The maximum absolute atomic E-state index is 12.1. The van der Waals surface area contributed by atoms with Crippen molar-refractivity contribution >= 4 is 11.9 Å². The molecule has 1 atom stereocenters. The highest BCUT2D eigenvalue weighted by Gasteiger charge is 2.42. The molecule has 0 aromatic carbocycles. The Bertz CT molecular complexity index is 266. The number of alkyl halides is 3. The van der Waals surface area contributed by atoms with Crippen molar-refractivity contribution in [2.75, 3.05) is 19.7 Å². The Morgan fingerprint density at radius 3 is 2.19 bits per heavy atom. The van der Waals surface area contributed by atoms with E-state index in [1.54, 1.807) is 0 Å². The van der Waals surface area contributed by atoms with Crippen LogP contribution in [-0.2, 0) is 9.59 Å². The summed E-state index contributed by atoms with van der Waals surface area (Å²) in [5, 5.41) is 17.0. The second-order valence-electron chi connectivity index (χ2n) is 3.21. The molecule has 0 radical (unpaired) electrons. The zero-order chi connectivity index (χ0) is 12.9. The molecule has 94 valence electrons. The molecule has 8 heteroatoms. The van der Waals surface area contributed by atoms with Gasteiger partial charge in [0.2, 0.25) is 0 Å². The predicted molar refractivity (Wildman–Crippen MR) is 46.5 cm³/mol. The number of carbonyl (C=O) groups excluding carboxylic acids is 1. The lowest BCUT2D eigenvalue weighted by Gasteiger charge is -2.24. The number of carboxylic acid groups (broad SMARTS) is 1. The summed E-state index contributed by atoms with van der Waals surface area (Å²) < 4.78 is 36.2. The van der Waals surface area contributed by atoms with Gasteiger partial charge in [0, 0.05) is 13.1 Å². The van der Waals surface area contributed by atoms with Gasteiger partial charge in [0.1, 0.15) is 0 Å². The summed E-state index contributed by atoms with van der Waals surface area (Å²) in [5.41, 5.74) is 0. The summed E-state index contributed by atoms with van der Waals surface area (Å²) in [6.45, 7) is -0.616. The quantitative estimate of drug-likeness (QED) is 0.717. The van der Waals surface area contributed by atoms with E-state index in [1.165, 1.54) is 6.92 Å². The topological polar surface area (TPSA) is 77.8 Å². The normalized spacial score (nSPS) is 13.3. The van der Waals surface area contributed by atoms with Crippen LogP contribution in [0.4, 0.5) is 13.2 Å². The predicted octanol–water partition coefficient (Wildman–Crippen LogP) is 0.0903. The maximum Gasteiger partial charge on any atom is 0.471 e. The van der Waals surface area contributed by atoms with E-state index in [0.29, 0.717) is 0 Å². The number of hydrogen-bond donors (Lipinski definition) is 2. The molecule has 0 bridgehead atoms. The van der Waals surface area contributed by atoms with E-state index in [0.717, 1.165) is 0 Å². The van der Waals surface area contributed by atoms with E-state index in [9.17, 15) is 22.8 Å². The standard InChI is InChI=1S/C8H12F3NO4/c1-5(6(14)15)4-12(2-3-13)7(16)8(9,10)11/h5,13H,2-4H2,1H3,(H,14,15). The Labute approximate surface area is 89.5 Å². The lowest BCUT2D eigenvalue weighted by molar-refractivity contribution is -0.186. The molecule has 0 rings (SSSR count). The summed E-state index contributed by atoms with van der Waals surface area (Å²) in [4.78, 5) is 21.5. The van der Waals surface area contributed by atoms with Crippen LogP contribution in [0.3, 0.4) is 0 Å². The fourth-order valence-electron chi connectivity index (χ4n) is 0.984. The van der Waals surface area contributed by atoms with Gasteiger partial charge in [-0.05, 0) is 0 Å². The van der Waals surface area contributed by atoms with Crippen molar-refractivity contribution in [1.82, 2.24) is 4.90 Å². The van der Waals surface area contributed by atoms with Gasteiger partial charge in [-0.25, -0.2) is 0 Å². The van der Waals surface area contributed by atoms with Crippen molar-refractivity contribution in [2.45, 2.75) is 13.1 Å². The number of amides is 1. The van der Waals surface area contributed by atoms with Crippen LogP contribution in [0.25, 0.3) is 0 Å². The van der Waals surface area contributed by atoms with Gasteiger partial charge in [0.05, 0.1) is 12.5 Å². The Kier molecular flexibility index (Phi) is 5.22. The van der Waals surface area contributed by atoms with Crippen LogP contribution >= 0.6 is 0 Å². The summed E-state index contributed by atoms with van der Waals surface area (Å²) in [5.74, 6) is -4.58. The van der Waals surface area contributed by atoms with Crippen molar-refractivity contribution < 1.29 is 33.0 Å². The second-order valence-corrected chi connectivity index (χ2v) is 3.21. The molecule has 0 aliphatic heterocycles. The minimum atomic E-state index is -5.06. The fraction of sp³-hybridized carbons (Fsp3) is 0.750. The SMILES string of the molecule is CC(CN(CCO)C(=O)C(F)(F)F)C(=O)O. The lowest BCUT2D eigenvalue weighted by atomic mass is 10.1. The highest BCUT2D eigenvalue weighted by molar-refractivity contribution is 5.82. The van der Waals surface area contributed by atoms with Crippen molar-refractivity contribution in [1.29, 1.82) is 0 Å². The summed E-state index contributed by atoms with van der Waals surface area (Å²) in [6, 6.07) is 0. The average molecular weight is 243 g/mol. The number of carboxylic acids is 1. The largest absolute Gasteiger partial charge is 0.481 e. The highest BCUT2D eigenvalue weighted by Crippen LogP contribution is 2.19. The van der Waals surface area contributed by atoms with Crippen LogP contribution in [0.15, 0.2) is 0 Å². The molecule has 16 heavy (non-hydrogen) atoms. The average Bonchev–Trinajstić information content (AvgIpc) is 2.14. The summed E-state index contributed by atoms with van der Waals surface area (Å²) in [6.07, 6.45) is -5.06. The molecule has 0 aromatic heterocycles. The van der Waals surface area contributed by atoms with Crippen molar-refractivity contribution in [3.05, 3.63) is 0 Å². The Morgan fingerprint density at radius 1 is 1.38 bits per heavy atom. The molecule has 0 spiro atoms. The van der Waals surface area contributed by atoms with E-state index in [4.69, 9.17) is 10.2 Å². The number of nitrogens with zero attached hydrogens (tertiary/aromatic N) is 1. The molecule has 1 amide bonds. The van der Waals surface area contributed by atoms with Crippen molar-refractivity contribution in [2.24, 2.45) is 5.92 Å². The van der Waals surface area contributed by atoms with Crippen LogP contribution in [0, 0.1) is 5.92 Å². The number of aliphatic hydroxyl groups excluding tert-OH is 1. The van der Waals surface area contributed by atoms with Crippen molar-refractivity contribution in [3.63, 3.8) is 0 Å². The molecule has 0 saturated heterocycles. The molecular formula is C8H12F3NO4. The van der Waals surface area contributed by atoms with Gasteiger partial charge in [-0.1, -0.05) is 6.92 Å². The van der Waals surface area contributed by atoms with Crippen LogP contribution in [-0.4, -0.2) is 52.9 Å². The highest BCUT2D eigenvalue weighted by atomic mass is 19.4. The van der Waals surface area contributed by atoms with Gasteiger partial charge >= 0.3 is 18.1 Å². The fourth-order valence-corrected chi connectivity index (χ4v) is 0.984. The first-order valence-electron chi connectivity index (χ1n) is 4.40. The maximum atomic E-state index is 12.1. The van der Waals surface area contributed by atoms with E-state index >= 15 is 0 Å². The number of hydrogen-bond acceptors (Lipinski definition) is 3. The molecule has 1 unspecified atom stereocenters. The Hall–Kier alpha value is -1.31. The molecule has 0 heterocycles. The molecule has 0 aliphatic carbocycles. The van der Waals surface area contributed by atoms with E-state index in [-0.39, 0.29) is 4.90 Å². The van der Waals surface area contributed by atoms with E-state index in [1.807, 2.05) is 0 Å². The summed E-state index contributed by atoms with van der Waals surface area (Å²) >= 11 is 0. The van der Waals surface area contributed by atoms with Crippen LogP contribution in [0.2, 0.25) is 0 Å². The lowest BCUT2D eigenvalue weighted by Crippen LogP contribution is -2.45. The smallest absolute Gasteiger partial charge is 0.471 e. The molecule has 0 saturated carbocycles. The Balaban J connectivity index is 4.62. The molecule has 2 N–H and O–H groups in total. The first-order valence-corrected chi connectivity index (χ1v) is 4.40. The molecule has 0 aliphatic rings. The number of carbonyl (C=O) groups is 2. The van der Waals surface area contributed by atoms with Gasteiger partial charge in [-0.3, -0.25) is 9.59 Å². The van der Waals surface area contributed by atoms with E-state index in [2.05, 4.69) is 0 Å². The monoisotopic (exact) mass is 243 g/mol. The number of aliphatic carboxylic acids is 1. The number of halogens is 3. The van der Waals surface area contributed by atoms with Gasteiger partial charge < -0.3 is 15.1 Å². The van der Waals surface area contributed by atoms with Gasteiger partial charge in [-0.2, -0.15) is 13.2 Å². The first-order chi connectivity index (χ1) is 7.20. The van der Waals surface area contributed by atoms with E-state index < -0.39 is 43.7 Å². The molecule has 0 fully saturated rings. The van der Waals surface area contributed by atoms with Crippen LogP contribution in [0.1, 0.15) is 6.92 Å². The number of aliphatic hydroxyl groups is 1. The van der Waals surface area contributed by atoms with Gasteiger partial charge in [-0.15, -0.1) is 0 Å².